The zero-order valence-electron chi connectivity index (χ0n) is 25.2. The number of anilines is 2. The Hall–Kier alpha value is -4.25. The zero-order valence-corrected chi connectivity index (χ0v) is 26.0. The molecule has 0 saturated carbocycles. The maximum absolute atomic E-state index is 13.8. The van der Waals surface area contributed by atoms with Crippen molar-refractivity contribution in [2.75, 3.05) is 42.5 Å². The van der Waals surface area contributed by atoms with Gasteiger partial charge >= 0.3 is 0 Å². The molecule has 11 heteroatoms. The van der Waals surface area contributed by atoms with Crippen LogP contribution in [0, 0.1) is 5.92 Å². The lowest BCUT2D eigenvalue weighted by molar-refractivity contribution is 0.0954. The number of ether oxygens (including phenoxy) is 2. The quantitative estimate of drug-likeness (QED) is 0.348. The Balaban J connectivity index is 1.18. The van der Waals surface area contributed by atoms with Crippen LogP contribution in [-0.4, -0.2) is 51.7 Å². The van der Waals surface area contributed by atoms with E-state index in [-0.39, 0.29) is 28.2 Å². The number of aromatic nitrogens is 1. The number of nitrogens with zero attached hydrogens (tertiary/aromatic N) is 2. The molecular formula is C34H38N4O6S. The summed E-state index contributed by atoms with van der Waals surface area (Å²) in [6.45, 7) is 3.19. The minimum Gasteiger partial charge on any atom is -0.486 e. The van der Waals surface area contributed by atoms with Gasteiger partial charge in [0, 0.05) is 55.5 Å². The summed E-state index contributed by atoms with van der Waals surface area (Å²) in [4.78, 5) is 28.0. The van der Waals surface area contributed by atoms with Crippen LogP contribution in [0.2, 0.25) is 0 Å². The van der Waals surface area contributed by atoms with Crippen LogP contribution in [0.4, 0.5) is 11.4 Å². The van der Waals surface area contributed by atoms with Gasteiger partial charge < -0.3 is 24.3 Å². The molecule has 3 aliphatic heterocycles. The number of hydrogen-bond acceptors (Lipinski definition) is 7. The van der Waals surface area contributed by atoms with Crippen molar-refractivity contribution in [3.8, 4) is 11.5 Å². The molecule has 2 aromatic carbocycles. The van der Waals surface area contributed by atoms with E-state index in [2.05, 4.69) is 21.0 Å². The molecule has 0 spiro atoms. The third-order valence-electron chi connectivity index (χ3n) is 9.26. The number of allylic oxidation sites excluding steroid dienone is 1. The van der Waals surface area contributed by atoms with E-state index in [0.717, 1.165) is 31.4 Å². The molecule has 1 fully saturated rings. The third kappa shape index (κ3) is 6.18. The normalized spacial score (nSPS) is 20.5. The van der Waals surface area contributed by atoms with Gasteiger partial charge in [0.15, 0.2) is 11.5 Å². The number of carbonyl (C=O) groups is 1. The number of hydrogen-bond donors (Lipinski definition) is 2. The van der Waals surface area contributed by atoms with Crippen LogP contribution in [0.15, 0.2) is 75.9 Å². The number of benzene rings is 2. The molecule has 0 unspecified atom stereocenters. The lowest BCUT2D eigenvalue weighted by Crippen LogP contribution is -2.47. The van der Waals surface area contributed by atoms with Crippen molar-refractivity contribution in [1.29, 1.82) is 0 Å². The van der Waals surface area contributed by atoms with Gasteiger partial charge in [-0.3, -0.25) is 14.3 Å². The van der Waals surface area contributed by atoms with E-state index in [9.17, 15) is 18.0 Å². The smallest absolute Gasteiger partial charge is 0.262 e. The highest BCUT2D eigenvalue weighted by molar-refractivity contribution is 7.92. The van der Waals surface area contributed by atoms with Crippen molar-refractivity contribution in [2.24, 2.45) is 5.92 Å². The second-order valence-electron chi connectivity index (χ2n) is 12.4. The van der Waals surface area contributed by atoms with Gasteiger partial charge in [-0.15, -0.1) is 0 Å². The molecule has 1 amide bonds. The number of fused-ring (bicyclic) bond motifs is 5. The van der Waals surface area contributed by atoms with Gasteiger partial charge in [0.1, 0.15) is 13.2 Å². The number of nitrogens with one attached hydrogen (secondary N) is 2. The van der Waals surface area contributed by atoms with E-state index in [1.54, 1.807) is 30.3 Å². The number of pyridine rings is 1. The Morgan fingerprint density at radius 3 is 2.67 bits per heavy atom. The van der Waals surface area contributed by atoms with E-state index < -0.39 is 10.0 Å². The summed E-state index contributed by atoms with van der Waals surface area (Å²) in [5.74, 6) is 0.994. The Labute approximate surface area is 263 Å². The number of rotatable bonds is 8. The topological polar surface area (TPSA) is 119 Å². The molecule has 0 radical (unpaired) electrons. The van der Waals surface area contributed by atoms with Gasteiger partial charge in [-0.25, -0.2) is 8.42 Å². The van der Waals surface area contributed by atoms with Crippen molar-refractivity contribution >= 4 is 27.3 Å². The average Bonchev–Trinajstić information content (AvgIpc) is 3.05. The summed E-state index contributed by atoms with van der Waals surface area (Å²) in [5.41, 5.74) is 3.80. The summed E-state index contributed by atoms with van der Waals surface area (Å²) < 4.78 is 43.4. The Kier molecular flexibility index (Phi) is 8.03. The molecular weight excluding hydrogens is 592 g/mol. The van der Waals surface area contributed by atoms with Crippen LogP contribution < -0.4 is 30.0 Å². The SMILES string of the molecule is O=C(NCCC1=CCCCC1)c1ccc(N2C[C@H]3C[C@@H](C2)c2cccc(=O)n2C3)c(NS(=O)(=O)c2ccc3c(c2)OCCO3)c1. The second-order valence-corrected chi connectivity index (χ2v) is 14.0. The molecule has 1 aromatic heterocycles. The van der Waals surface area contributed by atoms with Crippen molar-refractivity contribution in [1.82, 2.24) is 9.88 Å². The zero-order chi connectivity index (χ0) is 31.0. The first kappa shape index (κ1) is 29.5. The minimum absolute atomic E-state index is 0.0127. The van der Waals surface area contributed by atoms with Gasteiger partial charge in [0.25, 0.3) is 21.5 Å². The van der Waals surface area contributed by atoms with Crippen LogP contribution in [0.3, 0.4) is 0 Å². The van der Waals surface area contributed by atoms with E-state index in [0.29, 0.717) is 67.8 Å². The van der Waals surface area contributed by atoms with Crippen LogP contribution in [-0.2, 0) is 16.6 Å². The fourth-order valence-corrected chi connectivity index (χ4v) is 8.17. The standard InChI is InChI=1S/C34H38N4O6S/c39-33-8-4-7-29-26-17-24(21-38(29)33)20-37(22-26)30-11-9-25(34(40)35-14-13-23-5-2-1-3-6-23)18-28(30)36-45(41,42)27-10-12-31-32(19-27)44-16-15-43-31/h4-5,7-12,18-19,24,26,36H,1-3,6,13-17,20-22H2,(H,35,40)/t24-,26+/m1/s1. The van der Waals surface area contributed by atoms with Gasteiger partial charge in [0.05, 0.1) is 16.3 Å². The monoisotopic (exact) mass is 630 g/mol. The highest BCUT2D eigenvalue weighted by atomic mass is 32.2. The Bertz CT molecular complexity index is 1820. The van der Waals surface area contributed by atoms with E-state index in [4.69, 9.17) is 9.47 Å². The van der Waals surface area contributed by atoms with Crippen LogP contribution in [0.25, 0.3) is 0 Å². The fourth-order valence-electron chi connectivity index (χ4n) is 7.09. The molecule has 7 rings (SSSR count). The number of sulfonamides is 1. The lowest BCUT2D eigenvalue weighted by Gasteiger charge is -2.44. The number of piperidine rings is 1. The van der Waals surface area contributed by atoms with E-state index in [1.165, 1.54) is 30.5 Å². The molecule has 45 heavy (non-hydrogen) atoms. The predicted octanol–water partition coefficient (Wildman–Crippen LogP) is 4.66. The highest BCUT2D eigenvalue weighted by Gasteiger charge is 2.35. The molecule has 10 nitrogen and oxygen atoms in total. The lowest BCUT2D eigenvalue weighted by atomic mass is 9.83. The Morgan fingerprint density at radius 2 is 1.82 bits per heavy atom. The number of carbonyl (C=O) groups excluding carboxylic acids is 1. The largest absolute Gasteiger partial charge is 0.486 e. The minimum atomic E-state index is -4.05. The van der Waals surface area contributed by atoms with Crippen molar-refractivity contribution in [3.63, 3.8) is 0 Å². The van der Waals surface area contributed by atoms with Gasteiger partial charge in [0.2, 0.25) is 0 Å². The van der Waals surface area contributed by atoms with E-state index in [1.807, 2.05) is 16.7 Å². The van der Waals surface area contributed by atoms with Crippen molar-refractivity contribution < 1.29 is 22.7 Å². The second kappa shape index (κ2) is 12.3. The molecule has 236 valence electrons. The van der Waals surface area contributed by atoms with E-state index >= 15 is 0 Å². The molecule has 2 atom stereocenters. The molecule has 4 aliphatic rings. The molecule has 1 saturated heterocycles. The van der Waals surface area contributed by atoms with Gasteiger partial charge in [-0.05, 0) is 80.8 Å². The summed E-state index contributed by atoms with van der Waals surface area (Å²) >= 11 is 0. The average molecular weight is 631 g/mol. The van der Waals surface area contributed by atoms with Crippen molar-refractivity contribution in [2.45, 2.75) is 55.9 Å². The first-order chi connectivity index (χ1) is 21.8. The maximum atomic E-state index is 13.8. The molecule has 4 heterocycles. The third-order valence-corrected chi connectivity index (χ3v) is 10.6. The summed E-state index contributed by atoms with van der Waals surface area (Å²) in [6.07, 6.45) is 8.64. The highest BCUT2D eigenvalue weighted by Crippen LogP contribution is 2.40. The number of amides is 1. The fraction of sp³-hybridized carbons (Fsp3) is 0.412. The summed E-state index contributed by atoms with van der Waals surface area (Å²) in [6, 6.07) is 15.2. The summed E-state index contributed by atoms with van der Waals surface area (Å²) in [7, 11) is -4.05. The van der Waals surface area contributed by atoms with Crippen LogP contribution in [0.1, 0.15) is 60.5 Å². The molecule has 2 bridgehead atoms. The van der Waals surface area contributed by atoms with Crippen LogP contribution in [0.5, 0.6) is 11.5 Å². The first-order valence-corrected chi connectivity index (χ1v) is 17.3. The predicted molar refractivity (Wildman–Crippen MR) is 172 cm³/mol. The molecule has 1 aliphatic carbocycles. The molecule has 2 N–H and O–H groups in total. The van der Waals surface area contributed by atoms with Crippen LogP contribution >= 0.6 is 0 Å². The van der Waals surface area contributed by atoms with Gasteiger partial charge in [-0.1, -0.05) is 17.7 Å². The molecule has 3 aromatic rings. The first-order valence-electron chi connectivity index (χ1n) is 15.8. The van der Waals surface area contributed by atoms with Gasteiger partial charge in [-0.2, -0.15) is 0 Å². The van der Waals surface area contributed by atoms with Crippen molar-refractivity contribution in [3.05, 3.63) is 87.9 Å². The summed E-state index contributed by atoms with van der Waals surface area (Å²) in [5, 5.41) is 3.02. The Morgan fingerprint density at radius 1 is 0.956 bits per heavy atom. The maximum Gasteiger partial charge on any atom is 0.262 e.